The van der Waals surface area contributed by atoms with Gasteiger partial charge in [0.1, 0.15) is 12.7 Å². The molecule has 1 aromatic heterocycles. The molecule has 0 radical (unpaired) electrons. The molecule has 4 nitrogen and oxygen atoms in total. The summed E-state index contributed by atoms with van der Waals surface area (Å²) in [5.74, 6) is 2.58. The van der Waals surface area contributed by atoms with Gasteiger partial charge >= 0.3 is 0 Å². The number of hydrogen-bond donors (Lipinski definition) is 1. The third-order valence-corrected chi connectivity index (χ3v) is 3.96. The smallest absolute Gasteiger partial charge is 0.171 e. The van der Waals surface area contributed by atoms with Crippen molar-refractivity contribution in [1.29, 1.82) is 0 Å². The Hall–Kier alpha value is -1.68. The average molecular weight is 258 g/mol. The van der Waals surface area contributed by atoms with Crippen molar-refractivity contribution in [2.24, 2.45) is 5.92 Å². The van der Waals surface area contributed by atoms with E-state index in [-0.39, 0.29) is 6.10 Å². The lowest BCUT2D eigenvalue weighted by molar-refractivity contribution is 0.0219. The largest absolute Gasteiger partial charge is 0.486 e. The Morgan fingerprint density at radius 1 is 1.32 bits per heavy atom. The number of nitrogens with zero attached hydrogens (tertiary/aromatic N) is 1. The zero-order valence-electron chi connectivity index (χ0n) is 11.1. The van der Waals surface area contributed by atoms with Crippen LogP contribution in [0.3, 0.4) is 0 Å². The second-order valence-corrected chi connectivity index (χ2v) is 5.71. The van der Waals surface area contributed by atoms with Crippen molar-refractivity contribution in [2.45, 2.75) is 13.0 Å². The van der Waals surface area contributed by atoms with E-state index in [1.807, 2.05) is 24.4 Å². The maximum Gasteiger partial charge on any atom is 0.171 e. The van der Waals surface area contributed by atoms with Gasteiger partial charge < -0.3 is 14.5 Å². The number of benzene rings is 1. The molecular weight excluding hydrogens is 240 g/mol. The minimum absolute atomic E-state index is 0.139. The Morgan fingerprint density at radius 3 is 3.05 bits per heavy atom. The molecule has 4 heteroatoms. The normalized spacial score (nSPS) is 23.5. The van der Waals surface area contributed by atoms with E-state index >= 15 is 0 Å². The summed E-state index contributed by atoms with van der Waals surface area (Å²) in [7, 11) is 0. The number of fused-ring (bicyclic) bond motifs is 3. The molecule has 1 aromatic carbocycles. The summed E-state index contributed by atoms with van der Waals surface area (Å²) in [5.41, 5.74) is 1.10. The first-order chi connectivity index (χ1) is 9.29. The second-order valence-electron chi connectivity index (χ2n) is 5.71. The van der Waals surface area contributed by atoms with Crippen molar-refractivity contribution in [2.75, 3.05) is 26.2 Å². The van der Waals surface area contributed by atoms with Crippen LogP contribution in [-0.2, 0) is 0 Å². The van der Waals surface area contributed by atoms with E-state index in [0.29, 0.717) is 6.61 Å². The molecule has 0 amide bonds. The van der Waals surface area contributed by atoms with Crippen molar-refractivity contribution in [3.05, 3.63) is 24.4 Å². The molecule has 1 unspecified atom stereocenters. The Balaban J connectivity index is 1.56. The highest BCUT2D eigenvalue weighted by Crippen LogP contribution is 2.38. The van der Waals surface area contributed by atoms with Crippen LogP contribution in [0.4, 0.5) is 0 Å². The Morgan fingerprint density at radius 2 is 2.21 bits per heavy atom. The molecule has 0 bridgehead atoms. The Kier molecular flexibility index (Phi) is 2.45. The molecule has 0 aliphatic carbocycles. The maximum absolute atomic E-state index is 6.16. The highest BCUT2D eigenvalue weighted by Gasteiger charge is 2.29. The van der Waals surface area contributed by atoms with E-state index < -0.39 is 0 Å². The summed E-state index contributed by atoms with van der Waals surface area (Å²) < 4.78 is 12.0. The van der Waals surface area contributed by atoms with Gasteiger partial charge in [0, 0.05) is 36.7 Å². The second kappa shape index (κ2) is 4.17. The van der Waals surface area contributed by atoms with E-state index in [2.05, 4.69) is 16.8 Å². The van der Waals surface area contributed by atoms with Crippen LogP contribution in [0.15, 0.2) is 24.4 Å². The van der Waals surface area contributed by atoms with Gasteiger partial charge in [-0.1, -0.05) is 6.92 Å². The van der Waals surface area contributed by atoms with Gasteiger partial charge in [-0.05, 0) is 24.1 Å². The van der Waals surface area contributed by atoms with Crippen molar-refractivity contribution in [1.82, 2.24) is 9.88 Å². The molecule has 2 aliphatic heterocycles. The molecule has 1 N–H and O–H groups in total. The molecule has 0 saturated carbocycles. The standard InChI is InChI=1S/C15H18N2O2/c1-10-6-17(7-10)8-11-9-18-14-3-2-13-12(4-5-16-13)15(14)19-11/h2-5,10-11,16H,6-9H2,1H3. The van der Waals surface area contributed by atoms with Crippen LogP contribution < -0.4 is 9.47 Å². The minimum atomic E-state index is 0.139. The van der Waals surface area contributed by atoms with E-state index in [9.17, 15) is 0 Å². The lowest BCUT2D eigenvalue weighted by Crippen LogP contribution is -2.51. The number of hydrogen-bond acceptors (Lipinski definition) is 3. The van der Waals surface area contributed by atoms with Crippen LogP contribution in [0.25, 0.3) is 10.9 Å². The highest BCUT2D eigenvalue weighted by molar-refractivity contribution is 5.88. The maximum atomic E-state index is 6.16. The molecule has 0 spiro atoms. The van der Waals surface area contributed by atoms with Crippen LogP contribution in [0.5, 0.6) is 11.5 Å². The minimum Gasteiger partial charge on any atom is -0.486 e. The zero-order chi connectivity index (χ0) is 12.8. The summed E-state index contributed by atoms with van der Waals surface area (Å²) in [6, 6.07) is 6.07. The van der Waals surface area contributed by atoms with Gasteiger partial charge in [0.25, 0.3) is 0 Å². The number of aromatic amines is 1. The quantitative estimate of drug-likeness (QED) is 0.897. The van der Waals surface area contributed by atoms with Crippen molar-refractivity contribution >= 4 is 10.9 Å². The summed E-state index contributed by atoms with van der Waals surface area (Å²) in [6.45, 7) is 6.26. The van der Waals surface area contributed by atoms with Crippen LogP contribution in [0.1, 0.15) is 6.92 Å². The number of aromatic nitrogens is 1. The molecule has 1 saturated heterocycles. The van der Waals surface area contributed by atoms with Crippen molar-refractivity contribution < 1.29 is 9.47 Å². The van der Waals surface area contributed by atoms with Crippen molar-refractivity contribution in [3.8, 4) is 11.5 Å². The van der Waals surface area contributed by atoms with Gasteiger partial charge in [-0.25, -0.2) is 0 Å². The Labute approximate surface area is 112 Å². The van der Waals surface area contributed by atoms with E-state index in [1.165, 1.54) is 13.1 Å². The van der Waals surface area contributed by atoms with Crippen LogP contribution in [0.2, 0.25) is 0 Å². The fourth-order valence-corrected chi connectivity index (χ4v) is 3.06. The third kappa shape index (κ3) is 1.87. The first kappa shape index (κ1) is 11.2. The predicted octanol–water partition coefficient (Wildman–Crippen LogP) is 2.26. The van der Waals surface area contributed by atoms with Gasteiger partial charge in [0.2, 0.25) is 0 Å². The van der Waals surface area contributed by atoms with Gasteiger partial charge in [0.15, 0.2) is 11.5 Å². The molecular formula is C15H18N2O2. The predicted molar refractivity (Wildman–Crippen MR) is 73.8 cm³/mol. The molecule has 3 heterocycles. The summed E-state index contributed by atoms with van der Waals surface area (Å²) in [5, 5.41) is 1.11. The van der Waals surface area contributed by atoms with Crippen LogP contribution in [0, 0.1) is 5.92 Å². The molecule has 1 fully saturated rings. The summed E-state index contributed by atoms with van der Waals surface area (Å²) >= 11 is 0. The highest BCUT2D eigenvalue weighted by atomic mass is 16.6. The molecule has 2 aromatic rings. The number of H-pyrrole nitrogens is 1. The summed E-state index contributed by atoms with van der Waals surface area (Å²) in [6.07, 6.45) is 2.08. The van der Waals surface area contributed by atoms with Crippen molar-refractivity contribution in [3.63, 3.8) is 0 Å². The molecule has 4 rings (SSSR count). The van der Waals surface area contributed by atoms with Gasteiger partial charge in [-0.2, -0.15) is 0 Å². The van der Waals surface area contributed by atoms with Crippen LogP contribution in [-0.4, -0.2) is 42.2 Å². The Bertz CT molecular complexity index is 601. The average Bonchev–Trinajstić information content (AvgIpc) is 2.85. The first-order valence-electron chi connectivity index (χ1n) is 6.91. The SMILES string of the molecule is CC1CN(CC2COc3ccc4[nH]ccc4c3O2)C1. The van der Waals surface area contributed by atoms with E-state index in [0.717, 1.165) is 34.9 Å². The van der Waals surface area contributed by atoms with Gasteiger partial charge in [-0.15, -0.1) is 0 Å². The fourth-order valence-electron chi connectivity index (χ4n) is 3.06. The molecule has 1 atom stereocenters. The van der Waals surface area contributed by atoms with E-state index in [1.54, 1.807) is 0 Å². The van der Waals surface area contributed by atoms with Gasteiger partial charge in [0.05, 0.1) is 0 Å². The third-order valence-electron chi connectivity index (χ3n) is 3.96. The molecule has 2 aliphatic rings. The monoisotopic (exact) mass is 258 g/mol. The summed E-state index contributed by atoms with van der Waals surface area (Å²) in [4.78, 5) is 5.64. The molecule has 19 heavy (non-hydrogen) atoms. The first-order valence-corrected chi connectivity index (χ1v) is 6.91. The fraction of sp³-hybridized carbons (Fsp3) is 0.467. The zero-order valence-corrected chi connectivity index (χ0v) is 11.1. The number of ether oxygens (including phenoxy) is 2. The lowest BCUT2D eigenvalue weighted by Gasteiger charge is -2.40. The lowest BCUT2D eigenvalue weighted by atomic mass is 10.0. The van der Waals surface area contributed by atoms with Gasteiger partial charge in [-0.3, -0.25) is 4.90 Å². The molecule has 100 valence electrons. The number of likely N-dealkylation sites (tertiary alicyclic amines) is 1. The van der Waals surface area contributed by atoms with E-state index in [4.69, 9.17) is 9.47 Å². The topological polar surface area (TPSA) is 37.5 Å². The number of nitrogens with one attached hydrogen (secondary N) is 1. The van der Waals surface area contributed by atoms with Crippen LogP contribution >= 0.6 is 0 Å². The number of rotatable bonds is 2.